The first kappa shape index (κ1) is 15.4. The molecule has 4 nitrogen and oxygen atoms in total. The van der Waals surface area contributed by atoms with E-state index in [-0.39, 0.29) is 0 Å². The lowest BCUT2D eigenvalue weighted by Crippen LogP contribution is -2.33. The van der Waals surface area contributed by atoms with Crippen LogP contribution in [-0.2, 0) is 6.54 Å². The smallest absolute Gasteiger partial charge is 0.165 e. The van der Waals surface area contributed by atoms with Crippen molar-refractivity contribution in [2.75, 3.05) is 41.4 Å². The molecule has 0 saturated carbocycles. The van der Waals surface area contributed by atoms with E-state index < -0.39 is 0 Å². The maximum absolute atomic E-state index is 6.16. The summed E-state index contributed by atoms with van der Waals surface area (Å²) in [5, 5.41) is 0.676. The molecule has 20 heavy (non-hydrogen) atoms. The van der Waals surface area contributed by atoms with E-state index in [4.69, 9.17) is 21.1 Å². The van der Waals surface area contributed by atoms with E-state index in [1.165, 1.54) is 6.42 Å². The molecule has 1 aliphatic heterocycles. The van der Waals surface area contributed by atoms with Crippen LogP contribution in [0.5, 0.6) is 11.5 Å². The van der Waals surface area contributed by atoms with Crippen LogP contribution in [0.4, 0.5) is 0 Å². The summed E-state index contributed by atoms with van der Waals surface area (Å²) in [6, 6.07) is 4.32. The molecule has 0 aromatic heterocycles. The quantitative estimate of drug-likeness (QED) is 0.834. The van der Waals surface area contributed by atoms with Gasteiger partial charge in [0, 0.05) is 35.8 Å². The highest BCUT2D eigenvalue weighted by molar-refractivity contribution is 6.30. The van der Waals surface area contributed by atoms with E-state index in [1.54, 1.807) is 20.3 Å². The number of halogens is 1. The molecule has 1 aromatic carbocycles. The molecule has 5 heteroatoms. The fourth-order valence-corrected chi connectivity index (χ4v) is 3.02. The van der Waals surface area contributed by atoms with Crippen molar-refractivity contribution in [1.29, 1.82) is 0 Å². The third-order valence-electron chi connectivity index (χ3n) is 3.93. The first-order valence-corrected chi connectivity index (χ1v) is 7.22. The molecule has 1 heterocycles. The average Bonchev–Trinajstić information content (AvgIpc) is 2.84. The standard InChI is InChI=1S/C15H23ClN2O2/c1-17-6-5-13(10-17)18(2)9-11-7-12(16)8-14(19-3)15(11)20-4/h7-8,13H,5-6,9-10H2,1-4H3. The molecule has 1 atom stereocenters. The molecule has 0 N–H and O–H groups in total. The molecule has 1 aliphatic rings. The zero-order chi connectivity index (χ0) is 14.7. The van der Waals surface area contributed by atoms with Crippen molar-refractivity contribution in [1.82, 2.24) is 9.80 Å². The van der Waals surface area contributed by atoms with Crippen LogP contribution in [0.3, 0.4) is 0 Å². The van der Waals surface area contributed by atoms with Gasteiger partial charge in [-0.05, 0) is 33.1 Å². The summed E-state index contributed by atoms with van der Waals surface area (Å²) in [4.78, 5) is 4.72. The molecular weight excluding hydrogens is 276 g/mol. The van der Waals surface area contributed by atoms with Gasteiger partial charge in [0.15, 0.2) is 11.5 Å². The number of likely N-dealkylation sites (N-methyl/N-ethyl adjacent to an activating group) is 2. The first-order chi connectivity index (χ1) is 9.55. The Balaban J connectivity index is 2.17. The van der Waals surface area contributed by atoms with Crippen molar-refractivity contribution < 1.29 is 9.47 Å². The zero-order valence-electron chi connectivity index (χ0n) is 12.6. The van der Waals surface area contributed by atoms with Gasteiger partial charge >= 0.3 is 0 Å². The molecular formula is C15H23ClN2O2. The van der Waals surface area contributed by atoms with E-state index in [9.17, 15) is 0 Å². The molecule has 1 saturated heterocycles. The minimum absolute atomic E-state index is 0.578. The Morgan fingerprint density at radius 3 is 2.65 bits per heavy atom. The van der Waals surface area contributed by atoms with E-state index in [0.717, 1.165) is 30.9 Å². The maximum Gasteiger partial charge on any atom is 0.165 e. The van der Waals surface area contributed by atoms with Gasteiger partial charge in [0.2, 0.25) is 0 Å². The third-order valence-corrected chi connectivity index (χ3v) is 4.15. The summed E-state index contributed by atoms with van der Waals surface area (Å²) in [5.74, 6) is 1.46. The van der Waals surface area contributed by atoms with Gasteiger partial charge in [-0.3, -0.25) is 4.90 Å². The van der Waals surface area contributed by atoms with Crippen LogP contribution in [-0.4, -0.2) is 57.2 Å². The fourth-order valence-electron chi connectivity index (χ4n) is 2.79. The van der Waals surface area contributed by atoms with Crippen molar-refractivity contribution in [3.63, 3.8) is 0 Å². The minimum atomic E-state index is 0.578. The van der Waals surface area contributed by atoms with Crippen molar-refractivity contribution in [2.45, 2.75) is 19.0 Å². The summed E-state index contributed by atoms with van der Waals surface area (Å²) in [6.07, 6.45) is 1.20. The van der Waals surface area contributed by atoms with Gasteiger partial charge < -0.3 is 14.4 Å². The van der Waals surface area contributed by atoms with E-state index in [0.29, 0.717) is 16.8 Å². The molecule has 0 radical (unpaired) electrons. The van der Waals surface area contributed by atoms with Crippen molar-refractivity contribution >= 4 is 11.6 Å². The van der Waals surface area contributed by atoms with Gasteiger partial charge in [0.1, 0.15) is 0 Å². The summed E-state index contributed by atoms with van der Waals surface area (Å²) in [6.45, 7) is 3.07. The fraction of sp³-hybridized carbons (Fsp3) is 0.600. The second kappa shape index (κ2) is 6.66. The van der Waals surface area contributed by atoms with Gasteiger partial charge in [-0.25, -0.2) is 0 Å². The molecule has 0 spiro atoms. The Morgan fingerprint density at radius 1 is 1.35 bits per heavy atom. The monoisotopic (exact) mass is 298 g/mol. The van der Waals surface area contributed by atoms with Crippen LogP contribution in [0.25, 0.3) is 0 Å². The lowest BCUT2D eigenvalue weighted by Gasteiger charge is -2.25. The second-order valence-electron chi connectivity index (χ2n) is 5.42. The Bertz CT molecular complexity index is 467. The molecule has 0 aliphatic carbocycles. The van der Waals surface area contributed by atoms with Crippen LogP contribution in [0.2, 0.25) is 5.02 Å². The van der Waals surface area contributed by atoms with E-state index >= 15 is 0 Å². The van der Waals surface area contributed by atoms with Crippen molar-refractivity contribution in [3.8, 4) is 11.5 Å². The number of methoxy groups -OCH3 is 2. The summed E-state index contributed by atoms with van der Waals surface area (Å²) >= 11 is 6.16. The van der Waals surface area contributed by atoms with Gasteiger partial charge in [0.05, 0.1) is 14.2 Å². The predicted octanol–water partition coefficient (Wildman–Crippen LogP) is 2.49. The van der Waals surface area contributed by atoms with Crippen LogP contribution in [0, 0.1) is 0 Å². The first-order valence-electron chi connectivity index (χ1n) is 6.84. The largest absolute Gasteiger partial charge is 0.493 e. The molecule has 0 bridgehead atoms. The second-order valence-corrected chi connectivity index (χ2v) is 5.86. The minimum Gasteiger partial charge on any atom is -0.493 e. The normalized spacial score (nSPS) is 19.6. The number of likely N-dealkylation sites (tertiary alicyclic amines) is 1. The molecule has 0 amide bonds. The van der Waals surface area contributed by atoms with E-state index in [1.807, 2.05) is 6.07 Å². The maximum atomic E-state index is 6.16. The Morgan fingerprint density at radius 2 is 2.10 bits per heavy atom. The number of hydrogen-bond acceptors (Lipinski definition) is 4. The zero-order valence-corrected chi connectivity index (χ0v) is 13.4. The van der Waals surface area contributed by atoms with Gasteiger partial charge in [0.25, 0.3) is 0 Å². The summed E-state index contributed by atoms with van der Waals surface area (Å²) < 4.78 is 10.8. The summed E-state index contributed by atoms with van der Waals surface area (Å²) in [7, 11) is 7.61. The van der Waals surface area contributed by atoms with Crippen LogP contribution in [0.1, 0.15) is 12.0 Å². The highest BCUT2D eigenvalue weighted by Crippen LogP contribution is 2.35. The van der Waals surface area contributed by atoms with Gasteiger partial charge in [-0.2, -0.15) is 0 Å². The summed E-state index contributed by atoms with van der Waals surface area (Å²) in [5.41, 5.74) is 1.06. The third kappa shape index (κ3) is 3.37. The highest BCUT2D eigenvalue weighted by atomic mass is 35.5. The number of hydrogen-bond donors (Lipinski definition) is 0. The number of rotatable bonds is 5. The molecule has 1 aromatic rings. The van der Waals surface area contributed by atoms with Crippen molar-refractivity contribution in [2.24, 2.45) is 0 Å². The Hall–Kier alpha value is -0.970. The molecule has 2 rings (SSSR count). The molecule has 1 fully saturated rings. The average molecular weight is 299 g/mol. The number of ether oxygens (including phenoxy) is 2. The number of benzene rings is 1. The number of nitrogens with zero attached hydrogens (tertiary/aromatic N) is 2. The lowest BCUT2D eigenvalue weighted by atomic mass is 10.1. The topological polar surface area (TPSA) is 24.9 Å². The van der Waals surface area contributed by atoms with Crippen LogP contribution < -0.4 is 9.47 Å². The Kier molecular flexibility index (Phi) is 5.13. The lowest BCUT2D eigenvalue weighted by molar-refractivity contribution is 0.230. The predicted molar refractivity (Wildman–Crippen MR) is 81.9 cm³/mol. The van der Waals surface area contributed by atoms with Gasteiger partial charge in [-0.15, -0.1) is 0 Å². The van der Waals surface area contributed by atoms with Crippen molar-refractivity contribution in [3.05, 3.63) is 22.7 Å². The highest BCUT2D eigenvalue weighted by Gasteiger charge is 2.24. The van der Waals surface area contributed by atoms with Crippen LogP contribution in [0.15, 0.2) is 12.1 Å². The SMILES string of the molecule is COc1cc(Cl)cc(CN(C)C2CCN(C)C2)c1OC. The molecule has 1 unspecified atom stereocenters. The van der Waals surface area contributed by atoms with Crippen LogP contribution >= 0.6 is 11.6 Å². The molecule has 112 valence electrons. The van der Waals surface area contributed by atoms with E-state index in [2.05, 4.69) is 23.9 Å². The Labute approximate surface area is 126 Å². The van der Waals surface area contributed by atoms with Gasteiger partial charge in [-0.1, -0.05) is 11.6 Å².